The lowest BCUT2D eigenvalue weighted by molar-refractivity contribution is -0.145. The van der Waals surface area contributed by atoms with E-state index in [1.165, 1.54) is 0 Å². The van der Waals surface area contributed by atoms with E-state index in [4.69, 9.17) is 0 Å². The Labute approximate surface area is 131 Å². The second kappa shape index (κ2) is 7.40. The number of benzene rings is 1. The van der Waals surface area contributed by atoms with Crippen LogP contribution in [0.5, 0.6) is 0 Å². The number of aryl methyl sites for hydroxylation is 2. The first-order chi connectivity index (χ1) is 10.5. The number of likely N-dealkylation sites (tertiary alicyclic amines) is 1. The number of anilines is 1. The molecule has 5 heteroatoms. The zero-order chi connectivity index (χ0) is 16.1. The highest BCUT2D eigenvalue weighted by molar-refractivity contribution is 5.94. The van der Waals surface area contributed by atoms with Gasteiger partial charge in [0.15, 0.2) is 0 Å². The van der Waals surface area contributed by atoms with Crippen LogP contribution in [0.15, 0.2) is 18.2 Å². The minimum Gasteiger partial charge on any atom is -0.480 e. The molecule has 0 aromatic heterocycles. The molecule has 1 heterocycles. The van der Waals surface area contributed by atoms with Crippen LogP contribution in [0.4, 0.5) is 5.69 Å². The van der Waals surface area contributed by atoms with Crippen molar-refractivity contribution in [1.82, 2.24) is 4.90 Å². The van der Waals surface area contributed by atoms with Crippen LogP contribution in [0.1, 0.15) is 37.3 Å². The summed E-state index contributed by atoms with van der Waals surface area (Å²) >= 11 is 0. The summed E-state index contributed by atoms with van der Waals surface area (Å²) in [7, 11) is 0. The molecule has 1 atom stereocenters. The quantitative estimate of drug-likeness (QED) is 0.876. The normalized spacial score (nSPS) is 18.9. The van der Waals surface area contributed by atoms with Crippen molar-refractivity contribution in [2.75, 3.05) is 18.4 Å². The molecule has 0 saturated carbocycles. The maximum atomic E-state index is 12.3. The Balaban J connectivity index is 2.05. The van der Waals surface area contributed by atoms with Crippen LogP contribution in [0.25, 0.3) is 0 Å². The van der Waals surface area contributed by atoms with Crippen LogP contribution in [-0.4, -0.2) is 41.0 Å². The lowest BCUT2D eigenvalue weighted by atomic mass is 10.0. The first-order valence-corrected chi connectivity index (χ1v) is 7.88. The van der Waals surface area contributed by atoms with Crippen molar-refractivity contribution in [2.24, 2.45) is 0 Å². The van der Waals surface area contributed by atoms with Crippen LogP contribution in [0.3, 0.4) is 0 Å². The van der Waals surface area contributed by atoms with Crippen molar-refractivity contribution >= 4 is 17.6 Å². The number of amides is 1. The van der Waals surface area contributed by atoms with Gasteiger partial charge in [-0.05, 0) is 43.9 Å². The summed E-state index contributed by atoms with van der Waals surface area (Å²) in [6.07, 6.45) is 3.32. The van der Waals surface area contributed by atoms with Gasteiger partial charge in [-0.25, -0.2) is 0 Å². The Morgan fingerprint density at radius 3 is 2.82 bits per heavy atom. The fourth-order valence-electron chi connectivity index (χ4n) is 3.03. The SMILES string of the molecule is CCc1cccc(C)c1NC(=O)CN1CCCCC1C(=O)O. The van der Waals surface area contributed by atoms with Gasteiger partial charge in [-0.1, -0.05) is 31.5 Å². The highest BCUT2D eigenvalue weighted by Crippen LogP contribution is 2.22. The molecule has 22 heavy (non-hydrogen) atoms. The minimum absolute atomic E-state index is 0.133. The molecule has 2 rings (SSSR count). The van der Waals surface area contributed by atoms with Gasteiger partial charge in [0.05, 0.1) is 6.54 Å². The fraction of sp³-hybridized carbons (Fsp3) is 0.529. The van der Waals surface area contributed by atoms with Gasteiger partial charge in [-0.3, -0.25) is 14.5 Å². The number of rotatable bonds is 5. The van der Waals surface area contributed by atoms with E-state index in [1.54, 1.807) is 4.90 Å². The Morgan fingerprint density at radius 2 is 2.14 bits per heavy atom. The minimum atomic E-state index is -0.836. The number of carbonyl (C=O) groups is 2. The summed E-state index contributed by atoms with van der Waals surface area (Å²) in [5, 5.41) is 12.2. The summed E-state index contributed by atoms with van der Waals surface area (Å²) in [4.78, 5) is 25.4. The van der Waals surface area contributed by atoms with Gasteiger partial charge in [0.25, 0.3) is 0 Å². The number of hydrogen-bond donors (Lipinski definition) is 2. The van der Waals surface area contributed by atoms with Crippen LogP contribution in [0.2, 0.25) is 0 Å². The molecule has 0 spiro atoms. The number of nitrogens with one attached hydrogen (secondary N) is 1. The predicted molar refractivity (Wildman–Crippen MR) is 86.0 cm³/mol. The maximum absolute atomic E-state index is 12.3. The van der Waals surface area contributed by atoms with Crippen molar-refractivity contribution in [2.45, 2.75) is 45.6 Å². The van der Waals surface area contributed by atoms with Gasteiger partial charge in [-0.15, -0.1) is 0 Å². The van der Waals surface area contributed by atoms with Gasteiger partial charge in [0.1, 0.15) is 6.04 Å². The van der Waals surface area contributed by atoms with Crippen LogP contribution < -0.4 is 5.32 Å². The molecule has 1 aromatic carbocycles. The number of nitrogens with zero attached hydrogens (tertiary/aromatic N) is 1. The van der Waals surface area contributed by atoms with Crippen LogP contribution in [0, 0.1) is 6.92 Å². The first kappa shape index (κ1) is 16.5. The Bertz CT molecular complexity index is 557. The largest absolute Gasteiger partial charge is 0.480 e. The van der Waals surface area contributed by atoms with Gasteiger partial charge >= 0.3 is 5.97 Å². The van der Waals surface area contributed by atoms with Gasteiger partial charge in [0.2, 0.25) is 5.91 Å². The van der Waals surface area contributed by atoms with E-state index in [-0.39, 0.29) is 12.5 Å². The molecule has 1 aliphatic rings. The lowest BCUT2D eigenvalue weighted by Gasteiger charge is -2.32. The van der Waals surface area contributed by atoms with Crippen LogP contribution >= 0.6 is 0 Å². The molecule has 0 bridgehead atoms. The number of carboxylic acid groups (broad SMARTS) is 1. The van der Waals surface area contributed by atoms with Crippen molar-refractivity contribution < 1.29 is 14.7 Å². The third-order valence-corrected chi connectivity index (χ3v) is 4.25. The van der Waals surface area contributed by atoms with E-state index in [9.17, 15) is 14.7 Å². The van der Waals surface area contributed by atoms with Gasteiger partial charge in [0, 0.05) is 5.69 Å². The van der Waals surface area contributed by atoms with Crippen LogP contribution in [-0.2, 0) is 16.0 Å². The number of aliphatic carboxylic acids is 1. The fourth-order valence-corrected chi connectivity index (χ4v) is 3.03. The highest BCUT2D eigenvalue weighted by Gasteiger charge is 2.29. The van der Waals surface area contributed by atoms with Gasteiger partial charge < -0.3 is 10.4 Å². The van der Waals surface area contributed by atoms with E-state index in [2.05, 4.69) is 12.2 Å². The Hall–Kier alpha value is -1.88. The number of para-hydroxylation sites is 1. The van der Waals surface area contributed by atoms with E-state index < -0.39 is 12.0 Å². The van der Waals surface area contributed by atoms with Crippen molar-refractivity contribution in [1.29, 1.82) is 0 Å². The summed E-state index contributed by atoms with van der Waals surface area (Å²) in [6.45, 7) is 4.82. The summed E-state index contributed by atoms with van der Waals surface area (Å²) in [5.74, 6) is -0.977. The number of carboxylic acids is 1. The summed E-state index contributed by atoms with van der Waals surface area (Å²) in [5.41, 5.74) is 2.99. The van der Waals surface area contributed by atoms with Crippen molar-refractivity contribution in [3.63, 3.8) is 0 Å². The molecular formula is C17H24N2O3. The van der Waals surface area contributed by atoms with E-state index in [0.29, 0.717) is 13.0 Å². The van der Waals surface area contributed by atoms with Gasteiger partial charge in [-0.2, -0.15) is 0 Å². The standard InChI is InChI=1S/C17H24N2O3/c1-3-13-8-6-7-12(2)16(13)18-15(20)11-19-10-5-4-9-14(19)17(21)22/h6-8,14H,3-5,9-11H2,1-2H3,(H,18,20)(H,21,22). The third kappa shape index (κ3) is 3.85. The van der Waals surface area contributed by atoms with Crippen molar-refractivity contribution in [3.8, 4) is 0 Å². The molecule has 2 N–H and O–H groups in total. The zero-order valence-electron chi connectivity index (χ0n) is 13.3. The maximum Gasteiger partial charge on any atom is 0.320 e. The molecular weight excluding hydrogens is 280 g/mol. The molecule has 5 nitrogen and oxygen atoms in total. The second-order valence-corrected chi connectivity index (χ2v) is 5.83. The molecule has 1 unspecified atom stereocenters. The average molecular weight is 304 g/mol. The molecule has 1 aromatic rings. The molecule has 0 radical (unpaired) electrons. The topological polar surface area (TPSA) is 69.6 Å². The molecule has 1 fully saturated rings. The number of hydrogen-bond acceptors (Lipinski definition) is 3. The summed E-state index contributed by atoms with van der Waals surface area (Å²) < 4.78 is 0. The molecule has 1 aliphatic heterocycles. The molecule has 0 aliphatic carbocycles. The monoisotopic (exact) mass is 304 g/mol. The number of piperidine rings is 1. The van der Waals surface area contributed by atoms with E-state index >= 15 is 0 Å². The number of carbonyl (C=O) groups excluding carboxylic acids is 1. The summed E-state index contributed by atoms with van der Waals surface area (Å²) in [6, 6.07) is 5.41. The first-order valence-electron chi connectivity index (χ1n) is 7.88. The van der Waals surface area contributed by atoms with E-state index in [0.717, 1.165) is 36.1 Å². The lowest BCUT2D eigenvalue weighted by Crippen LogP contribution is -2.47. The smallest absolute Gasteiger partial charge is 0.320 e. The Morgan fingerprint density at radius 1 is 1.36 bits per heavy atom. The average Bonchev–Trinajstić information content (AvgIpc) is 2.49. The Kier molecular flexibility index (Phi) is 5.55. The third-order valence-electron chi connectivity index (χ3n) is 4.25. The highest BCUT2D eigenvalue weighted by atomic mass is 16.4. The molecule has 1 amide bonds. The van der Waals surface area contributed by atoms with Crippen molar-refractivity contribution in [3.05, 3.63) is 29.3 Å². The van der Waals surface area contributed by atoms with E-state index in [1.807, 2.05) is 25.1 Å². The molecule has 120 valence electrons. The zero-order valence-corrected chi connectivity index (χ0v) is 13.3. The predicted octanol–water partition coefficient (Wildman–Crippen LogP) is 2.44. The molecule has 1 saturated heterocycles. The second-order valence-electron chi connectivity index (χ2n) is 5.83.